The first-order valence-electron chi connectivity index (χ1n) is 9.54. The Hall–Kier alpha value is -2.31. The minimum atomic E-state index is -0.845. The second kappa shape index (κ2) is 11.5. The van der Waals surface area contributed by atoms with Gasteiger partial charge in [-0.2, -0.15) is 0 Å². The van der Waals surface area contributed by atoms with Crippen LogP contribution in [0.25, 0.3) is 0 Å². The molecule has 1 aromatic heterocycles. The van der Waals surface area contributed by atoms with Crippen molar-refractivity contribution in [2.75, 3.05) is 19.8 Å². The highest BCUT2D eigenvalue weighted by molar-refractivity contribution is 7.80. The van der Waals surface area contributed by atoms with E-state index in [1.54, 1.807) is 13.1 Å². The van der Waals surface area contributed by atoms with Crippen LogP contribution in [0.3, 0.4) is 0 Å². The zero-order chi connectivity index (χ0) is 20.4. The lowest BCUT2D eigenvalue weighted by Gasteiger charge is -2.32. The molecular weight excluding hydrogens is 374 g/mol. The standard InChI is InChI=1S/C22H27NO4S/c1-4-25-20(19(21(24)26-5-2)22(28)27-6-3)18(16-12-8-7-9-13-16)17-14-10-11-15-23-17/h7-15,18-20H,4-6H2,1-3H3. The summed E-state index contributed by atoms with van der Waals surface area (Å²) < 4.78 is 17.0. The normalized spacial score (nSPS) is 14.0. The molecule has 0 fully saturated rings. The topological polar surface area (TPSA) is 57.7 Å². The molecule has 0 N–H and O–H groups in total. The fourth-order valence-electron chi connectivity index (χ4n) is 3.15. The maximum absolute atomic E-state index is 12.9. The van der Waals surface area contributed by atoms with E-state index in [9.17, 15) is 4.79 Å². The van der Waals surface area contributed by atoms with E-state index in [0.717, 1.165) is 11.3 Å². The number of nitrogens with zero attached hydrogens (tertiary/aromatic N) is 1. The van der Waals surface area contributed by atoms with Crippen LogP contribution in [0.5, 0.6) is 0 Å². The highest BCUT2D eigenvalue weighted by atomic mass is 32.1. The smallest absolute Gasteiger partial charge is 0.320 e. The van der Waals surface area contributed by atoms with E-state index in [2.05, 4.69) is 4.98 Å². The third-order valence-electron chi connectivity index (χ3n) is 4.26. The maximum atomic E-state index is 12.9. The van der Waals surface area contributed by atoms with Crippen molar-refractivity contribution in [3.63, 3.8) is 0 Å². The van der Waals surface area contributed by atoms with Gasteiger partial charge in [0.15, 0.2) is 11.0 Å². The van der Waals surface area contributed by atoms with Gasteiger partial charge in [0.2, 0.25) is 0 Å². The fraction of sp³-hybridized carbons (Fsp3) is 0.409. The van der Waals surface area contributed by atoms with Crippen LogP contribution >= 0.6 is 12.2 Å². The molecule has 1 heterocycles. The Morgan fingerprint density at radius 1 is 0.964 bits per heavy atom. The Kier molecular flexibility index (Phi) is 9.04. The van der Waals surface area contributed by atoms with Gasteiger partial charge in [0.1, 0.15) is 0 Å². The number of benzene rings is 1. The summed E-state index contributed by atoms with van der Waals surface area (Å²) in [6.07, 6.45) is 1.12. The number of esters is 1. The predicted octanol–water partition coefficient (Wildman–Crippen LogP) is 4.16. The second-order valence-corrected chi connectivity index (χ2v) is 6.45. The molecule has 28 heavy (non-hydrogen) atoms. The molecule has 0 amide bonds. The number of thiocarbonyl (C=S) groups is 1. The second-order valence-electron chi connectivity index (χ2n) is 6.04. The lowest BCUT2D eigenvalue weighted by molar-refractivity contribution is -0.151. The Morgan fingerprint density at radius 3 is 2.21 bits per heavy atom. The Morgan fingerprint density at radius 2 is 1.64 bits per heavy atom. The molecule has 2 rings (SSSR count). The predicted molar refractivity (Wildman–Crippen MR) is 112 cm³/mol. The molecule has 1 aromatic carbocycles. The van der Waals surface area contributed by atoms with Crippen molar-refractivity contribution in [3.8, 4) is 0 Å². The zero-order valence-corrected chi connectivity index (χ0v) is 17.4. The number of rotatable bonds is 10. The molecule has 3 unspecified atom stereocenters. The highest BCUT2D eigenvalue weighted by Gasteiger charge is 2.42. The van der Waals surface area contributed by atoms with Gasteiger partial charge in [-0.3, -0.25) is 9.78 Å². The van der Waals surface area contributed by atoms with Gasteiger partial charge in [0, 0.05) is 12.8 Å². The molecular formula is C22H27NO4S. The summed E-state index contributed by atoms with van der Waals surface area (Å²) in [6.45, 7) is 6.51. The first-order valence-corrected chi connectivity index (χ1v) is 9.95. The minimum absolute atomic E-state index is 0.177. The lowest BCUT2D eigenvalue weighted by atomic mass is 9.83. The van der Waals surface area contributed by atoms with Gasteiger partial charge < -0.3 is 14.2 Å². The molecule has 0 spiro atoms. The van der Waals surface area contributed by atoms with Crippen molar-refractivity contribution in [1.29, 1.82) is 0 Å². The van der Waals surface area contributed by atoms with E-state index in [4.69, 9.17) is 26.4 Å². The van der Waals surface area contributed by atoms with E-state index in [-0.39, 0.29) is 17.6 Å². The van der Waals surface area contributed by atoms with Gasteiger partial charge in [-0.1, -0.05) is 36.4 Å². The quantitative estimate of drug-likeness (QED) is 0.440. The molecule has 0 aliphatic heterocycles. The summed E-state index contributed by atoms with van der Waals surface area (Å²) in [5.74, 6) is -1.60. The summed E-state index contributed by atoms with van der Waals surface area (Å²) in [6, 6.07) is 15.5. The molecule has 150 valence electrons. The number of carbonyl (C=O) groups excluding carboxylic acids is 1. The number of ether oxygens (including phenoxy) is 3. The van der Waals surface area contributed by atoms with Gasteiger partial charge in [-0.15, -0.1) is 0 Å². The highest BCUT2D eigenvalue weighted by Crippen LogP contribution is 2.34. The van der Waals surface area contributed by atoms with Gasteiger partial charge >= 0.3 is 5.97 Å². The fourth-order valence-corrected chi connectivity index (χ4v) is 3.50. The monoisotopic (exact) mass is 401 g/mol. The molecule has 5 nitrogen and oxygen atoms in total. The third kappa shape index (κ3) is 5.59. The average Bonchev–Trinajstić information content (AvgIpc) is 2.70. The molecule has 6 heteroatoms. The minimum Gasteiger partial charge on any atom is -0.486 e. The molecule has 0 saturated carbocycles. The summed E-state index contributed by atoms with van der Waals surface area (Å²) >= 11 is 5.45. The Balaban J connectivity index is 2.57. The number of pyridine rings is 1. The van der Waals surface area contributed by atoms with Crippen LogP contribution in [0.2, 0.25) is 0 Å². The first-order chi connectivity index (χ1) is 13.6. The molecule has 0 aliphatic rings. The number of hydrogen-bond acceptors (Lipinski definition) is 6. The Bertz CT molecular complexity index is 681. The van der Waals surface area contributed by atoms with Crippen LogP contribution in [-0.4, -0.2) is 41.9 Å². The van der Waals surface area contributed by atoms with Crippen molar-refractivity contribution in [3.05, 3.63) is 66.0 Å². The molecule has 0 radical (unpaired) electrons. The SMILES string of the molecule is CCOC(=O)C(C(=S)OCC)C(OCC)C(c1ccccc1)c1ccccn1. The Labute approximate surface area is 172 Å². The van der Waals surface area contributed by atoms with Crippen molar-refractivity contribution >= 4 is 23.2 Å². The maximum Gasteiger partial charge on any atom is 0.320 e. The van der Waals surface area contributed by atoms with E-state index in [1.165, 1.54) is 0 Å². The molecule has 0 aliphatic carbocycles. The van der Waals surface area contributed by atoms with Crippen LogP contribution in [-0.2, 0) is 19.0 Å². The average molecular weight is 402 g/mol. The molecule has 3 atom stereocenters. The van der Waals surface area contributed by atoms with Crippen LogP contribution in [0, 0.1) is 5.92 Å². The lowest BCUT2D eigenvalue weighted by Crippen LogP contribution is -2.42. The molecule has 0 saturated heterocycles. The van der Waals surface area contributed by atoms with Gasteiger partial charge in [0.25, 0.3) is 0 Å². The first kappa shape index (κ1) is 22.0. The van der Waals surface area contributed by atoms with Crippen LogP contribution < -0.4 is 0 Å². The summed E-state index contributed by atoms with van der Waals surface area (Å²) in [5, 5.41) is 0.177. The van der Waals surface area contributed by atoms with E-state index < -0.39 is 18.0 Å². The summed E-state index contributed by atoms with van der Waals surface area (Å²) in [4.78, 5) is 17.4. The number of hydrogen-bond donors (Lipinski definition) is 0. The van der Waals surface area contributed by atoms with Crippen molar-refractivity contribution in [2.24, 2.45) is 5.92 Å². The van der Waals surface area contributed by atoms with Gasteiger partial charge in [0.05, 0.1) is 30.9 Å². The van der Waals surface area contributed by atoms with Crippen molar-refractivity contribution in [1.82, 2.24) is 4.98 Å². The van der Waals surface area contributed by atoms with Crippen LogP contribution in [0.1, 0.15) is 37.9 Å². The zero-order valence-electron chi connectivity index (χ0n) is 16.5. The molecule has 0 bridgehead atoms. The van der Waals surface area contributed by atoms with Crippen LogP contribution in [0.15, 0.2) is 54.7 Å². The summed E-state index contributed by atoms with van der Waals surface area (Å²) in [7, 11) is 0. The van der Waals surface area contributed by atoms with Crippen molar-refractivity contribution < 1.29 is 19.0 Å². The van der Waals surface area contributed by atoms with E-state index in [1.807, 2.05) is 62.4 Å². The number of aromatic nitrogens is 1. The van der Waals surface area contributed by atoms with E-state index >= 15 is 0 Å². The largest absolute Gasteiger partial charge is 0.486 e. The van der Waals surface area contributed by atoms with Gasteiger partial charge in [-0.05, 0) is 50.7 Å². The number of carbonyl (C=O) groups is 1. The van der Waals surface area contributed by atoms with E-state index in [0.29, 0.717) is 13.2 Å². The molecule has 2 aromatic rings. The van der Waals surface area contributed by atoms with Crippen LogP contribution in [0.4, 0.5) is 0 Å². The van der Waals surface area contributed by atoms with Gasteiger partial charge in [-0.25, -0.2) is 0 Å². The van der Waals surface area contributed by atoms with Crippen molar-refractivity contribution in [2.45, 2.75) is 32.8 Å². The third-order valence-corrected chi connectivity index (χ3v) is 4.63. The summed E-state index contributed by atoms with van der Waals surface area (Å²) in [5.41, 5.74) is 1.77.